The zero-order valence-electron chi connectivity index (χ0n) is 12.8. The average molecular weight is 410 g/mol. The molecular weight excluding hydrogens is 396 g/mol. The summed E-state index contributed by atoms with van der Waals surface area (Å²) < 4.78 is 7.38. The van der Waals surface area contributed by atoms with E-state index in [-0.39, 0.29) is 12.5 Å². The van der Waals surface area contributed by atoms with Crippen molar-refractivity contribution in [2.24, 2.45) is 0 Å². The van der Waals surface area contributed by atoms with Gasteiger partial charge >= 0.3 is 5.76 Å². The second-order valence-corrected chi connectivity index (χ2v) is 6.66. The molecule has 2 aromatic carbocycles. The summed E-state index contributed by atoms with van der Waals surface area (Å²) in [5.41, 5.74) is 1.84. The van der Waals surface area contributed by atoms with Crippen molar-refractivity contribution in [3.05, 3.63) is 68.1 Å². The largest absolute Gasteiger partial charge is 0.420 e. The van der Waals surface area contributed by atoms with Gasteiger partial charge in [-0.15, -0.1) is 0 Å². The minimum absolute atomic E-state index is 0.278. The van der Waals surface area contributed by atoms with Crippen LogP contribution in [0.5, 0.6) is 0 Å². The summed E-state index contributed by atoms with van der Waals surface area (Å²) >= 11 is 9.48. The summed E-state index contributed by atoms with van der Waals surface area (Å²) in [6, 6.07) is 11.8. The Hall–Kier alpha value is -2.05. The van der Waals surface area contributed by atoms with Gasteiger partial charge in [0.05, 0.1) is 5.52 Å². The third-order valence-corrected chi connectivity index (χ3v) is 4.60. The van der Waals surface area contributed by atoms with E-state index in [4.69, 9.17) is 16.0 Å². The Morgan fingerprint density at radius 3 is 2.83 bits per heavy atom. The molecule has 0 aliphatic heterocycles. The Balaban J connectivity index is 1.79. The molecule has 7 heteroatoms. The number of oxazole rings is 1. The number of halogens is 2. The quantitative estimate of drug-likeness (QED) is 0.711. The summed E-state index contributed by atoms with van der Waals surface area (Å²) in [5, 5.41) is 3.36. The summed E-state index contributed by atoms with van der Waals surface area (Å²) in [7, 11) is 0. The van der Waals surface area contributed by atoms with Gasteiger partial charge in [0, 0.05) is 16.0 Å². The molecule has 1 amide bonds. The maximum absolute atomic E-state index is 12.4. The maximum atomic E-state index is 12.4. The van der Waals surface area contributed by atoms with Gasteiger partial charge in [0.15, 0.2) is 5.58 Å². The highest BCUT2D eigenvalue weighted by molar-refractivity contribution is 9.10. The molecule has 1 aromatic heterocycles. The Morgan fingerprint density at radius 1 is 1.33 bits per heavy atom. The van der Waals surface area contributed by atoms with Crippen LogP contribution < -0.4 is 11.1 Å². The standard InChI is InChI=1S/C17H14BrClN2O3/c1-10(21-14-4-2-3-5-15(14)24-17(21)23)16(22)20-9-11-6-7-12(18)8-13(11)19/h2-8,10H,9H2,1H3,(H,20,22). The van der Waals surface area contributed by atoms with Crippen molar-refractivity contribution in [1.29, 1.82) is 0 Å². The molecule has 3 aromatic rings. The minimum atomic E-state index is -0.699. The first kappa shape index (κ1) is 16.8. The van der Waals surface area contributed by atoms with Gasteiger partial charge in [0.1, 0.15) is 6.04 Å². The lowest BCUT2D eigenvalue weighted by Crippen LogP contribution is -2.34. The van der Waals surface area contributed by atoms with E-state index in [0.29, 0.717) is 16.1 Å². The fraction of sp³-hybridized carbons (Fsp3) is 0.176. The highest BCUT2D eigenvalue weighted by Gasteiger charge is 2.21. The number of hydrogen-bond donors (Lipinski definition) is 1. The van der Waals surface area contributed by atoms with Crippen molar-refractivity contribution in [3.8, 4) is 0 Å². The van der Waals surface area contributed by atoms with Gasteiger partial charge in [-0.3, -0.25) is 9.36 Å². The first-order valence-corrected chi connectivity index (χ1v) is 8.46. The first-order valence-electron chi connectivity index (χ1n) is 7.29. The second kappa shape index (κ2) is 6.83. The van der Waals surface area contributed by atoms with Crippen LogP contribution in [0.3, 0.4) is 0 Å². The topological polar surface area (TPSA) is 64.2 Å². The number of para-hydroxylation sites is 2. The summed E-state index contributed by atoms with van der Waals surface area (Å²) in [4.78, 5) is 24.5. The van der Waals surface area contributed by atoms with Gasteiger partial charge in [-0.1, -0.05) is 45.7 Å². The van der Waals surface area contributed by atoms with Crippen LogP contribution in [-0.4, -0.2) is 10.5 Å². The number of carbonyl (C=O) groups excluding carboxylic acids is 1. The van der Waals surface area contributed by atoms with Crippen molar-refractivity contribution >= 4 is 44.5 Å². The van der Waals surface area contributed by atoms with Crippen LogP contribution in [0.15, 0.2) is 56.1 Å². The number of carbonyl (C=O) groups is 1. The van der Waals surface area contributed by atoms with E-state index in [1.54, 1.807) is 37.3 Å². The minimum Gasteiger partial charge on any atom is -0.408 e. The third kappa shape index (κ3) is 3.25. The molecule has 0 saturated heterocycles. The van der Waals surface area contributed by atoms with E-state index in [1.165, 1.54) is 4.57 Å². The molecule has 1 N–H and O–H groups in total. The van der Waals surface area contributed by atoms with Crippen LogP contribution in [0.2, 0.25) is 5.02 Å². The number of fused-ring (bicyclic) bond motifs is 1. The number of amides is 1. The molecule has 5 nitrogen and oxygen atoms in total. The van der Waals surface area contributed by atoms with E-state index in [9.17, 15) is 9.59 Å². The molecule has 24 heavy (non-hydrogen) atoms. The van der Waals surface area contributed by atoms with Crippen LogP contribution >= 0.6 is 27.5 Å². The molecule has 0 fully saturated rings. The number of aromatic nitrogens is 1. The molecule has 124 valence electrons. The van der Waals surface area contributed by atoms with Gasteiger partial charge in [-0.2, -0.15) is 0 Å². The van der Waals surface area contributed by atoms with E-state index in [0.717, 1.165) is 10.0 Å². The molecule has 0 aliphatic rings. The molecule has 1 heterocycles. The Kier molecular flexibility index (Phi) is 4.78. The molecule has 0 aliphatic carbocycles. The summed E-state index contributed by atoms with van der Waals surface area (Å²) in [6.45, 7) is 1.93. The van der Waals surface area contributed by atoms with Crippen molar-refractivity contribution < 1.29 is 9.21 Å². The van der Waals surface area contributed by atoms with Crippen molar-refractivity contribution in [3.63, 3.8) is 0 Å². The molecule has 0 radical (unpaired) electrons. The lowest BCUT2D eigenvalue weighted by atomic mass is 10.2. The molecule has 0 saturated carbocycles. The number of nitrogens with one attached hydrogen (secondary N) is 1. The Morgan fingerprint density at radius 2 is 2.08 bits per heavy atom. The fourth-order valence-corrected chi connectivity index (χ4v) is 3.20. The lowest BCUT2D eigenvalue weighted by Gasteiger charge is -2.14. The molecule has 1 atom stereocenters. The maximum Gasteiger partial charge on any atom is 0.420 e. The predicted octanol–water partition coefficient (Wildman–Crippen LogP) is 3.89. The van der Waals surface area contributed by atoms with E-state index >= 15 is 0 Å². The molecular formula is C17H14BrClN2O3. The monoisotopic (exact) mass is 408 g/mol. The highest BCUT2D eigenvalue weighted by Crippen LogP contribution is 2.21. The van der Waals surface area contributed by atoms with Crippen LogP contribution in [0.25, 0.3) is 11.1 Å². The first-order chi connectivity index (χ1) is 11.5. The predicted molar refractivity (Wildman–Crippen MR) is 96.2 cm³/mol. The van der Waals surface area contributed by atoms with Crippen LogP contribution in [-0.2, 0) is 11.3 Å². The van der Waals surface area contributed by atoms with E-state index in [1.807, 2.05) is 12.1 Å². The van der Waals surface area contributed by atoms with Crippen molar-refractivity contribution in [1.82, 2.24) is 9.88 Å². The molecule has 0 spiro atoms. The molecule has 3 rings (SSSR count). The summed E-state index contributed by atoms with van der Waals surface area (Å²) in [5.74, 6) is -0.844. The zero-order valence-corrected chi connectivity index (χ0v) is 15.1. The molecule has 0 bridgehead atoms. The number of nitrogens with zero attached hydrogens (tertiary/aromatic N) is 1. The average Bonchev–Trinajstić information content (AvgIpc) is 2.88. The van der Waals surface area contributed by atoms with Gasteiger partial charge in [-0.05, 0) is 36.8 Å². The van der Waals surface area contributed by atoms with Crippen LogP contribution in [0.1, 0.15) is 18.5 Å². The lowest BCUT2D eigenvalue weighted by molar-refractivity contribution is -0.124. The van der Waals surface area contributed by atoms with E-state index < -0.39 is 11.8 Å². The number of benzene rings is 2. The van der Waals surface area contributed by atoms with Crippen LogP contribution in [0, 0.1) is 0 Å². The zero-order chi connectivity index (χ0) is 17.3. The Bertz CT molecular complexity index is 964. The normalized spacial score (nSPS) is 12.3. The second-order valence-electron chi connectivity index (χ2n) is 5.34. The number of hydrogen-bond acceptors (Lipinski definition) is 3. The molecule has 1 unspecified atom stereocenters. The smallest absolute Gasteiger partial charge is 0.408 e. The van der Waals surface area contributed by atoms with Gasteiger partial charge < -0.3 is 9.73 Å². The highest BCUT2D eigenvalue weighted by atomic mass is 79.9. The van der Waals surface area contributed by atoms with Gasteiger partial charge in [-0.25, -0.2) is 4.79 Å². The SMILES string of the molecule is CC(C(=O)NCc1ccc(Br)cc1Cl)n1c(=O)oc2ccccc21. The third-order valence-electron chi connectivity index (χ3n) is 3.75. The van der Waals surface area contributed by atoms with E-state index in [2.05, 4.69) is 21.2 Å². The van der Waals surface area contributed by atoms with Gasteiger partial charge in [0.25, 0.3) is 0 Å². The number of rotatable bonds is 4. The van der Waals surface area contributed by atoms with Crippen molar-refractivity contribution in [2.45, 2.75) is 19.5 Å². The Labute approximate surface area is 151 Å². The van der Waals surface area contributed by atoms with Crippen LogP contribution in [0.4, 0.5) is 0 Å². The fourth-order valence-electron chi connectivity index (χ4n) is 2.46. The van der Waals surface area contributed by atoms with Crippen molar-refractivity contribution in [2.75, 3.05) is 0 Å². The summed E-state index contributed by atoms with van der Waals surface area (Å²) in [6.07, 6.45) is 0. The van der Waals surface area contributed by atoms with Gasteiger partial charge in [0.2, 0.25) is 5.91 Å².